The van der Waals surface area contributed by atoms with E-state index >= 15 is 0 Å². The number of rotatable bonds is 5. The highest BCUT2D eigenvalue weighted by atomic mass is 127. The van der Waals surface area contributed by atoms with Gasteiger partial charge in [-0.05, 0) is 48.1 Å². The minimum absolute atomic E-state index is 0.0310. The Hall–Kier alpha value is -1.94. The van der Waals surface area contributed by atoms with Gasteiger partial charge in [-0.15, -0.1) is 0 Å². The van der Waals surface area contributed by atoms with Crippen LogP contribution >= 0.6 is 22.6 Å². The van der Waals surface area contributed by atoms with Crippen LogP contribution in [0.1, 0.15) is 23.9 Å². The third-order valence-corrected chi connectivity index (χ3v) is 4.23. The van der Waals surface area contributed by atoms with E-state index in [-0.39, 0.29) is 11.6 Å². The zero-order valence-electron chi connectivity index (χ0n) is 12.8. The maximum absolute atomic E-state index is 14.2. The first-order valence-electron chi connectivity index (χ1n) is 7.38. The number of pyridine rings is 1. The molecule has 126 valence electrons. The van der Waals surface area contributed by atoms with Gasteiger partial charge in [0.1, 0.15) is 11.4 Å². The molecule has 6 nitrogen and oxygen atoms in total. The van der Waals surface area contributed by atoms with Crippen molar-refractivity contribution in [3.05, 3.63) is 45.8 Å². The molecule has 0 saturated carbocycles. The third kappa shape index (κ3) is 3.44. The second kappa shape index (κ2) is 7.31. The van der Waals surface area contributed by atoms with Gasteiger partial charge in [0, 0.05) is 16.0 Å². The molecule has 0 spiro atoms. The lowest BCUT2D eigenvalue weighted by Crippen LogP contribution is -2.26. The first-order chi connectivity index (χ1) is 11.6. The molecular weight excluding hydrogens is 428 g/mol. The molecule has 1 unspecified atom stereocenters. The molecule has 24 heavy (non-hydrogen) atoms. The van der Waals surface area contributed by atoms with Crippen molar-refractivity contribution in [2.24, 2.45) is 0 Å². The fourth-order valence-corrected chi connectivity index (χ4v) is 2.92. The molecule has 0 aromatic carbocycles. The molecule has 1 aliphatic rings. The minimum atomic E-state index is -0.567. The van der Waals surface area contributed by atoms with E-state index in [0.29, 0.717) is 29.7 Å². The maximum Gasteiger partial charge on any atom is 0.312 e. The average Bonchev–Trinajstić information content (AvgIpc) is 2.94. The van der Waals surface area contributed by atoms with Crippen LogP contribution in [0.25, 0.3) is 11.0 Å². The number of halogens is 2. The second-order valence-corrected chi connectivity index (χ2v) is 6.34. The Morgan fingerprint density at radius 2 is 2.42 bits per heavy atom. The SMILES string of the molecule is CCONC(=O)c1oc2ccncc2c1NC1CC=C(I)C=C1F. The number of allylic oxidation sites excluding steroid dienone is 2. The van der Waals surface area contributed by atoms with E-state index in [1.165, 1.54) is 6.08 Å². The number of hydrogen-bond donors (Lipinski definition) is 2. The van der Waals surface area contributed by atoms with Crippen molar-refractivity contribution in [1.29, 1.82) is 0 Å². The van der Waals surface area contributed by atoms with Crippen molar-refractivity contribution < 1.29 is 18.4 Å². The summed E-state index contributed by atoms with van der Waals surface area (Å²) in [5, 5.41) is 3.67. The molecule has 2 aromatic rings. The third-order valence-electron chi connectivity index (χ3n) is 3.48. The first kappa shape index (κ1) is 16.9. The number of anilines is 1. The highest BCUT2D eigenvalue weighted by molar-refractivity contribution is 14.1. The lowest BCUT2D eigenvalue weighted by atomic mass is 10.1. The van der Waals surface area contributed by atoms with Crippen molar-refractivity contribution in [2.75, 3.05) is 11.9 Å². The van der Waals surface area contributed by atoms with Gasteiger partial charge in [0.15, 0.2) is 0 Å². The lowest BCUT2D eigenvalue weighted by molar-refractivity contribution is 0.0343. The van der Waals surface area contributed by atoms with E-state index < -0.39 is 11.9 Å². The molecule has 0 fully saturated rings. The van der Waals surface area contributed by atoms with Crippen LogP contribution in [0.5, 0.6) is 0 Å². The number of nitrogens with zero attached hydrogens (tertiary/aromatic N) is 1. The van der Waals surface area contributed by atoms with Gasteiger partial charge < -0.3 is 9.73 Å². The lowest BCUT2D eigenvalue weighted by Gasteiger charge is -2.19. The standard InChI is InChI=1S/C16H15FIN3O3/c1-2-23-21-16(22)15-14(10-8-19-6-5-13(10)24-15)20-12-4-3-9(18)7-11(12)17/h3,5-8,12,20H,2,4H2,1H3,(H,21,22). The van der Waals surface area contributed by atoms with Crippen LogP contribution in [-0.2, 0) is 4.84 Å². The summed E-state index contributed by atoms with van der Waals surface area (Å²) in [6, 6.07) is 1.08. The Bertz CT molecular complexity index is 831. The Morgan fingerprint density at radius 1 is 1.58 bits per heavy atom. The Kier molecular flexibility index (Phi) is 5.14. The van der Waals surface area contributed by atoms with E-state index in [4.69, 9.17) is 9.25 Å². The predicted molar refractivity (Wildman–Crippen MR) is 96.4 cm³/mol. The second-order valence-electron chi connectivity index (χ2n) is 5.09. The number of carbonyl (C=O) groups is 1. The maximum atomic E-state index is 14.2. The minimum Gasteiger partial charge on any atom is -0.448 e. The molecule has 1 aliphatic carbocycles. The number of furan rings is 1. The molecule has 0 bridgehead atoms. The zero-order chi connectivity index (χ0) is 17.1. The van der Waals surface area contributed by atoms with Gasteiger partial charge >= 0.3 is 5.91 Å². The monoisotopic (exact) mass is 443 g/mol. The summed E-state index contributed by atoms with van der Waals surface area (Å²) in [5.74, 6) is -0.805. The molecule has 2 N–H and O–H groups in total. The van der Waals surface area contributed by atoms with Gasteiger partial charge in [-0.3, -0.25) is 14.6 Å². The number of aromatic nitrogens is 1. The fraction of sp³-hybridized carbons (Fsp3) is 0.250. The molecule has 0 saturated heterocycles. The van der Waals surface area contributed by atoms with Crippen LogP contribution in [0.15, 0.2) is 44.4 Å². The summed E-state index contributed by atoms with van der Waals surface area (Å²) >= 11 is 2.07. The van der Waals surface area contributed by atoms with Crippen molar-refractivity contribution in [1.82, 2.24) is 10.5 Å². The van der Waals surface area contributed by atoms with Crippen LogP contribution in [0.2, 0.25) is 0 Å². The number of amides is 1. The van der Waals surface area contributed by atoms with E-state index in [0.717, 1.165) is 3.58 Å². The molecule has 0 radical (unpaired) electrons. The normalized spacial score (nSPS) is 17.4. The quantitative estimate of drug-likeness (QED) is 0.542. The Morgan fingerprint density at radius 3 is 3.17 bits per heavy atom. The summed E-state index contributed by atoms with van der Waals surface area (Å²) < 4.78 is 20.7. The van der Waals surface area contributed by atoms with E-state index in [1.54, 1.807) is 25.4 Å². The molecule has 1 atom stereocenters. The van der Waals surface area contributed by atoms with Gasteiger partial charge in [-0.1, -0.05) is 6.08 Å². The Balaban J connectivity index is 1.96. The van der Waals surface area contributed by atoms with E-state index in [2.05, 4.69) is 38.4 Å². The van der Waals surface area contributed by atoms with Crippen molar-refractivity contribution in [3.8, 4) is 0 Å². The number of nitrogens with one attached hydrogen (secondary N) is 2. The van der Waals surface area contributed by atoms with Gasteiger partial charge in [-0.2, -0.15) is 0 Å². The van der Waals surface area contributed by atoms with Crippen molar-refractivity contribution in [2.45, 2.75) is 19.4 Å². The molecular formula is C16H15FIN3O3. The summed E-state index contributed by atoms with van der Waals surface area (Å²) in [6.07, 6.45) is 6.98. The van der Waals surface area contributed by atoms with Crippen LogP contribution in [0, 0.1) is 0 Å². The number of hydrogen-bond acceptors (Lipinski definition) is 5. The summed E-state index contributed by atoms with van der Waals surface area (Å²) in [4.78, 5) is 21.2. The zero-order valence-corrected chi connectivity index (χ0v) is 15.0. The van der Waals surface area contributed by atoms with Gasteiger partial charge in [0.2, 0.25) is 5.76 Å². The van der Waals surface area contributed by atoms with Crippen LogP contribution < -0.4 is 10.8 Å². The van der Waals surface area contributed by atoms with Crippen molar-refractivity contribution >= 4 is 45.2 Å². The van der Waals surface area contributed by atoms with Crippen LogP contribution in [0.3, 0.4) is 0 Å². The molecule has 8 heteroatoms. The molecule has 3 rings (SSSR count). The number of carbonyl (C=O) groups excluding carboxylic acids is 1. The predicted octanol–water partition coefficient (Wildman–Crippen LogP) is 3.87. The van der Waals surface area contributed by atoms with E-state index in [9.17, 15) is 9.18 Å². The first-order valence-corrected chi connectivity index (χ1v) is 8.46. The highest BCUT2D eigenvalue weighted by Gasteiger charge is 2.25. The molecule has 2 aromatic heterocycles. The Labute approximate surface area is 151 Å². The number of hydroxylamine groups is 1. The highest BCUT2D eigenvalue weighted by Crippen LogP contribution is 2.33. The number of fused-ring (bicyclic) bond motifs is 1. The fourth-order valence-electron chi connectivity index (χ4n) is 2.37. The largest absolute Gasteiger partial charge is 0.448 e. The average molecular weight is 443 g/mol. The molecule has 0 aliphatic heterocycles. The van der Waals surface area contributed by atoms with Gasteiger partial charge in [0.05, 0.1) is 23.7 Å². The van der Waals surface area contributed by atoms with Gasteiger partial charge in [-0.25, -0.2) is 9.87 Å². The smallest absolute Gasteiger partial charge is 0.312 e. The van der Waals surface area contributed by atoms with Crippen LogP contribution in [0.4, 0.5) is 10.1 Å². The topological polar surface area (TPSA) is 76.4 Å². The van der Waals surface area contributed by atoms with Crippen molar-refractivity contribution in [3.63, 3.8) is 0 Å². The molecule has 1 amide bonds. The van der Waals surface area contributed by atoms with Crippen LogP contribution in [-0.4, -0.2) is 23.5 Å². The summed E-state index contributed by atoms with van der Waals surface area (Å²) in [7, 11) is 0. The van der Waals surface area contributed by atoms with Gasteiger partial charge in [0.25, 0.3) is 0 Å². The summed E-state index contributed by atoms with van der Waals surface area (Å²) in [6.45, 7) is 2.07. The summed E-state index contributed by atoms with van der Waals surface area (Å²) in [5.41, 5.74) is 3.17. The van der Waals surface area contributed by atoms with E-state index in [1.807, 2.05) is 6.08 Å². The molecule has 2 heterocycles.